The van der Waals surface area contributed by atoms with Gasteiger partial charge in [0.05, 0.1) is 11.7 Å². The molecule has 0 saturated carbocycles. The molecule has 15 heavy (non-hydrogen) atoms. The van der Waals surface area contributed by atoms with Crippen LogP contribution in [0.3, 0.4) is 0 Å². The van der Waals surface area contributed by atoms with Crippen LogP contribution >= 0.6 is 0 Å². The van der Waals surface area contributed by atoms with E-state index in [9.17, 15) is 0 Å². The van der Waals surface area contributed by atoms with Gasteiger partial charge in [-0.05, 0) is 31.0 Å². The second kappa shape index (κ2) is 6.36. The summed E-state index contributed by atoms with van der Waals surface area (Å²) in [4.78, 5) is 4.44. The predicted molar refractivity (Wildman–Crippen MR) is 64.8 cm³/mol. The zero-order valence-corrected chi connectivity index (χ0v) is 9.66. The lowest BCUT2D eigenvalue weighted by Crippen LogP contribution is -2.22. The van der Waals surface area contributed by atoms with E-state index >= 15 is 0 Å². The molecule has 1 aromatic rings. The van der Waals surface area contributed by atoms with Crippen molar-refractivity contribution in [1.29, 1.82) is 0 Å². The van der Waals surface area contributed by atoms with Gasteiger partial charge in [0.2, 0.25) is 0 Å². The molecule has 1 aromatic heterocycles. The Morgan fingerprint density at radius 3 is 2.93 bits per heavy atom. The Hall–Kier alpha value is -1.15. The molecule has 0 saturated heterocycles. The van der Waals surface area contributed by atoms with E-state index in [-0.39, 0.29) is 6.04 Å². The van der Waals surface area contributed by atoms with Crippen molar-refractivity contribution >= 4 is 0 Å². The lowest BCUT2D eigenvalue weighted by atomic mass is 10.0. The van der Waals surface area contributed by atoms with Gasteiger partial charge in [-0.2, -0.15) is 0 Å². The largest absolute Gasteiger partial charge is 0.305 e. The Morgan fingerprint density at radius 1 is 1.53 bits per heavy atom. The molecular formula is C13H20N2. The van der Waals surface area contributed by atoms with Crippen molar-refractivity contribution in [2.75, 3.05) is 6.54 Å². The van der Waals surface area contributed by atoms with E-state index in [4.69, 9.17) is 0 Å². The van der Waals surface area contributed by atoms with Crippen molar-refractivity contribution in [1.82, 2.24) is 10.3 Å². The second-order valence-electron chi connectivity index (χ2n) is 3.57. The molecule has 1 unspecified atom stereocenters. The average Bonchev–Trinajstić information content (AvgIpc) is 2.30. The molecule has 1 heterocycles. The van der Waals surface area contributed by atoms with Crippen LogP contribution in [0.1, 0.15) is 37.6 Å². The molecule has 2 heteroatoms. The third kappa shape index (κ3) is 3.17. The summed E-state index contributed by atoms with van der Waals surface area (Å²) in [6.07, 6.45) is 5.91. The van der Waals surface area contributed by atoms with E-state index < -0.39 is 0 Å². The first kappa shape index (κ1) is 11.9. The maximum Gasteiger partial charge on any atom is 0.0681 e. The van der Waals surface area contributed by atoms with Gasteiger partial charge in [-0.3, -0.25) is 4.98 Å². The minimum atomic E-state index is 0.182. The van der Waals surface area contributed by atoms with Crippen molar-refractivity contribution in [2.24, 2.45) is 0 Å². The van der Waals surface area contributed by atoms with Gasteiger partial charge in [-0.1, -0.05) is 26.0 Å². The van der Waals surface area contributed by atoms with E-state index in [2.05, 4.69) is 36.8 Å². The zero-order valence-electron chi connectivity index (χ0n) is 9.66. The molecule has 0 radical (unpaired) electrons. The standard InChI is InChI=1S/C13H20N2/c1-4-9-14-12(6-3)13-11(5-2)8-7-10-15-13/h6-8,10,12,14H,3-5,9H2,1-2H3. The number of pyridine rings is 1. The monoisotopic (exact) mass is 204 g/mol. The highest BCUT2D eigenvalue weighted by Crippen LogP contribution is 2.16. The van der Waals surface area contributed by atoms with Gasteiger partial charge in [0.15, 0.2) is 0 Å². The smallest absolute Gasteiger partial charge is 0.0681 e. The zero-order chi connectivity index (χ0) is 11.1. The molecule has 1 rings (SSSR count). The van der Waals surface area contributed by atoms with E-state index in [0.717, 1.165) is 25.1 Å². The molecule has 0 aliphatic carbocycles. The van der Waals surface area contributed by atoms with Gasteiger partial charge >= 0.3 is 0 Å². The lowest BCUT2D eigenvalue weighted by Gasteiger charge is -2.16. The van der Waals surface area contributed by atoms with Crippen LogP contribution in [-0.4, -0.2) is 11.5 Å². The molecule has 1 atom stereocenters. The number of nitrogens with one attached hydrogen (secondary N) is 1. The van der Waals surface area contributed by atoms with E-state index in [0.29, 0.717) is 0 Å². The topological polar surface area (TPSA) is 24.9 Å². The molecule has 1 N–H and O–H groups in total. The fourth-order valence-corrected chi connectivity index (χ4v) is 1.62. The molecule has 0 fully saturated rings. The summed E-state index contributed by atoms with van der Waals surface area (Å²) in [5.74, 6) is 0. The fourth-order valence-electron chi connectivity index (χ4n) is 1.62. The maximum absolute atomic E-state index is 4.44. The Labute approximate surface area is 92.4 Å². The first-order valence-corrected chi connectivity index (χ1v) is 5.63. The van der Waals surface area contributed by atoms with Gasteiger partial charge in [0.25, 0.3) is 0 Å². The third-order valence-corrected chi connectivity index (χ3v) is 2.45. The van der Waals surface area contributed by atoms with Gasteiger partial charge < -0.3 is 5.32 Å². The van der Waals surface area contributed by atoms with Crippen molar-refractivity contribution in [3.05, 3.63) is 42.2 Å². The van der Waals surface area contributed by atoms with Crippen LogP contribution in [0.4, 0.5) is 0 Å². The van der Waals surface area contributed by atoms with Crippen molar-refractivity contribution < 1.29 is 0 Å². The maximum atomic E-state index is 4.44. The summed E-state index contributed by atoms with van der Waals surface area (Å²) in [5, 5.41) is 3.43. The highest BCUT2D eigenvalue weighted by atomic mass is 14.9. The van der Waals surface area contributed by atoms with E-state index in [1.807, 2.05) is 18.3 Å². The molecule has 0 aromatic carbocycles. The Kier molecular flexibility index (Phi) is 5.05. The number of rotatable bonds is 6. The molecule has 0 spiro atoms. The highest BCUT2D eigenvalue weighted by molar-refractivity contribution is 5.25. The van der Waals surface area contributed by atoms with Gasteiger partial charge in [-0.25, -0.2) is 0 Å². The molecule has 0 bridgehead atoms. The Balaban J connectivity index is 2.85. The second-order valence-corrected chi connectivity index (χ2v) is 3.57. The van der Waals surface area contributed by atoms with Gasteiger partial charge in [0, 0.05) is 6.20 Å². The summed E-state index contributed by atoms with van der Waals surface area (Å²) in [6, 6.07) is 4.30. The van der Waals surface area contributed by atoms with Crippen molar-refractivity contribution in [3.63, 3.8) is 0 Å². The summed E-state index contributed by atoms with van der Waals surface area (Å²) >= 11 is 0. The quantitative estimate of drug-likeness (QED) is 0.721. The number of hydrogen-bond acceptors (Lipinski definition) is 2. The Bertz CT molecular complexity index is 307. The number of aromatic nitrogens is 1. The van der Waals surface area contributed by atoms with Crippen LogP contribution in [0.25, 0.3) is 0 Å². The van der Waals surface area contributed by atoms with Crippen LogP contribution in [0.5, 0.6) is 0 Å². The van der Waals surface area contributed by atoms with Gasteiger partial charge in [-0.15, -0.1) is 6.58 Å². The highest BCUT2D eigenvalue weighted by Gasteiger charge is 2.10. The molecule has 0 aliphatic heterocycles. The van der Waals surface area contributed by atoms with E-state index in [1.165, 1.54) is 5.56 Å². The van der Waals surface area contributed by atoms with Crippen LogP contribution in [0, 0.1) is 0 Å². The third-order valence-electron chi connectivity index (χ3n) is 2.45. The first-order valence-electron chi connectivity index (χ1n) is 5.63. The van der Waals surface area contributed by atoms with Crippen LogP contribution in [0.2, 0.25) is 0 Å². The van der Waals surface area contributed by atoms with Crippen LogP contribution in [0.15, 0.2) is 31.0 Å². The normalized spacial score (nSPS) is 12.4. The van der Waals surface area contributed by atoms with Crippen molar-refractivity contribution in [2.45, 2.75) is 32.7 Å². The van der Waals surface area contributed by atoms with Crippen LogP contribution in [-0.2, 0) is 6.42 Å². The SMILES string of the molecule is C=CC(NCCC)c1ncccc1CC. The summed E-state index contributed by atoms with van der Waals surface area (Å²) < 4.78 is 0. The number of aryl methyl sites for hydroxylation is 1. The average molecular weight is 204 g/mol. The number of hydrogen-bond donors (Lipinski definition) is 1. The summed E-state index contributed by atoms with van der Waals surface area (Å²) in [5.41, 5.74) is 2.41. The first-order chi connectivity index (χ1) is 7.33. The predicted octanol–water partition coefficient (Wildman–Crippen LogP) is 2.87. The Morgan fingerprint density at radius 2 is 2.33 bits per heavy atom. The van der Waals surface area contributed by atoms with E-state index in [1.54, 1.807) is 0 Å². The molecule has 0 amide bonds. The molecular weight excluding hydrogens is 184 g/mol. The summed E-state index contributed by atoms with van der Waals surface area (Å²) in [7, 11) is 0. The van der Waals surface area contributed by atoms with Crippen LogP contribution < -0.4 is 5.32 Å². The molecule has 82 valence electrons. The molecule has 2 nitrogen and oxygen atoms in total. The van der Waals surface area contributed by atoms with Gasteiger partial charge in [0.1, 0.15) is 0 Å². The number of nitrogens with zero attached hydrogens (tertiary/aromatic N) is 1. The minimum absolute atomic E-state index is 0.182. The lowest BCUT2D eigenvalue weighted by molar-refractivity contribution is 0.596. The fraction of sp³-hybridized carbons (Fsp3) is 0.462. The molecule has 0 aliphatic rings. The minimum Gasteiger partial charge on any atom is -0.305 e. The van der Waals surface area contributed by atoms with Crippen molar-refractivity contribution in [3.8, 4) is 0 Å². The summed E-state index contributed by atoms with van der Waals surface area (Å²) in [6.45, 7) is 9.17.